The van der Waals surface area contributed by atoms with E-state index >= 15 is 0 Å². The van der Waals surface area contributed by atoms with E-state index in [1.807, 2.05) is 18.2 Å². The molecule has 2 nitrogen and oxygen atoms in total. The molecule has 19 heavy (non-hydrogen) atoms. The maximum absolute atomic E-state index is 6.14. The van der Waals surface area contributed by atoms with Crippen LogP contribution in [0.2, 0.25) is 5.02 Å². The third-order valence-electron chi connectivity index (χ3n) is 4.41. The van der Waals surface area contributed by atoms with E-state index in [1.54, 1.807) is 7.11 Å². The molecule has 1 aliphatic heterocycles. The van der Waals surface area contributed by atoms with Crippen LogP contribution in [0.25, 0.3) is 0 Å². The van der Waals surface area contributed by atoms with Crippen LogP contribution in [0.5, 0.6) is 5.75 Å². The SMILES string of the molecule is COc1ccc(Cl)cc1CC1(C(C)(C)C)CCCN1. The lowest BCUT2D eigenvalue weighted by Gasteiger charge is -2.43. The predicted molar refractivity (Wildman–Crippen MR) is 81.1 cm³/mol. The van der Waals surface area contributed by atoms with Crippen LogP contribution in [0, 0.1) is 5.41 Å². The summed E-state index contributed by atoms with van der Waals surface area (Å²) in [5.41, 5.74) is 1.53. The summed E-state index contributed by atoms with van der Waals surface area (Å²) in [4.78, 5) is 0. The van der Waals surface area contributed by atoms with Crippen molar-refractivity contribution in [3.05, 3.63) is 28.8 Å². The first-order valence-electron chi connectivity index (χ1n) is 6.95. The Kier molecular flexibility index (Phi) is 4.12. The second kappa shape index (κ2) is 5.34. The van der Waals surface area contributed by atoms with Crippen LogP contribution < -0.4 is 10.1 Å². The van der Waals surface area contributed by atoms with Crippen molar-refractivity contribution in [2.24, 2.45) is 5.41 Å². The molecule has 1 unspecified atom stereocenters. The predicted octanol–water partition coefficient (Wildman–Crippen LogP) is 4.06. The van der Waals surface area contributed by atoms with E-state index in [4.69, 9.17) is 16.3 Å². The van der Waals surface area contributed by atoms with Gasteiger partial charge in [-0.05, 0) is 55.0 Å². The van der Waals surface area contributed by atoms with E-state index < -0.39 is 0 Å². The number of halogens is 1. The molecule has 0 radical (unpaired) electrons. The van der Waals surface area contributed by atoms with E-state index in [9.17, 15) is 0 Å². The number of rotatable bonds is 3. The van der Waals surface area contributed by atoms with Crippen molar-refractivity contribution in [1.29, 1.82) is 0 Å². The van der Waals surface area contributed by atoms with Gasteiger partial charge in [-0.15, -0.1) is 0 Å². The maximum Gasteiger partial charge on any atom is 0.122 e. The average molecular weight is 282 g/mol. The summed E-state index contributed by atoms with van der Waals surface area (Å²) in [5.74, 6) is 0.932. The highest BCUT2D eigenvalue weighted by atomic mass is 35.5. The van der Waals surface area contributed by atoms with Crippen LogP contribution in [-0.2, 0) is 6.42 Å². The summed E-state index contributed by atoms with van der Waals surface area (Å²) in [6, 6.07) is 5.88. The number of benzene rings is 1. The zero-order valence-corrected chi connectivity index (χ0v) is 13.1. The van der Waals surface area contributed by atoms with Gasteiger partial charge in [-0.3, -0.25) is 0 Å². The molecule has 0 spiro atoms. The van der Waals surface area contributed by atoms with Crippen molar-refractivity contribution in [2.45, 2.75) is 45.6 Å². The van der Waals surface area contributed by atoms with Gasteiger partial charge in [-0.25, -0.2) is 0 Å². The molecule has 1 aromatic carbocycles. The van der Waals surface area contributed by atoms with Crippen LogP contribution in [0.3, 0.4) is 0 Å². The summed E-state index contributed by atoms with van der Waals surface area (Å²) >= 11 is 6.14. The Hall–Kier alpha value is -0.730. The number of hydrogen-bond donors (Lipinski definition) is 1. The minimum Gasteiger partial charge on any atom is -0.496 e. The lowest BCUT2D eigenvalue weighted by molar-refractivity contribution is 0.158. The van der Waals surface area contributed by atoms with E-state index in [2.05, 4.69) is 26.1 Å². The van der Waals surface area contributed by atoms with Gasteiger partial charge in [0.25, 0.3) is 0 Å². The minimum absolute atomic E-state index is 0.130. The molecule has 106 valence electrons. The Bertz CT molecular complexity index is 445. The summed E-state index contributed by atoms with van der Waals surface area (Å²) < 4.78 is 5.48. The molecular formula is C16H24ClNO. The number of nitrogens with one attached hydrogen (secondary N) is 1. The Morgan fingerprint density at radius 1 is 1.37 bits per heavy atom. The highest BCUT2D eigenvalue weighted by molar-refractivity contribution is 6.30. The molecule has 1 aliphatic rings. The number of methoxy groups -OCH3 is 1. The van der Waals surface area contributed by atoms with Gasteiger partial charge in [0, 0.05) is 10.6 Å². The summed E-state index contributed by atoms with van der Waals surface area (Å²) in [6.45, 7) is 8.02. The molecule has 1 atom stereocenters. The lowest BCUT2D eigenvalue weighted by Crippen LogP contribution is -2.52. The van der Waals surface area contributed by atoms with Gasteiger partial charge in [0.05, 0.1) is 7.11 Å². The van der Waals surface area contributed by atoms with Crippen molar-refractivity contribution in [2.75, 3.05) is 13.7 Å². The van der Waals surface area contributed by atoms with Crippen LogP contribution in [0.4, 0.5) is 0 Å². The van der Waals surface area contributed by atoms with E-state index in [0.29, 0.717) is 0 Å². The Morgan fingerprint density at radius 3 is 2.63 bits per heavy atom. The van der Waals surface area contributed by atoms with Gasteiger partial charge in [0.15, 0.2) is 0 Å². The molecule has 0 aliphatic carbocycles. The quantitative estimate of drug-likeness (QED) is 0.902. The molecule has 1 aromatic rings. The van der Waals surface area contributed by atoms with Gasteiger partial charge in [-0.2, -0.15) is 0 Å². The first kappa shape index (κ1) is 14.7. The molecule has 0 amide bonds. The van der Waals surface area contributed by atoms with Gasteiger partial charge in [-0.1, -0.05) is 32.4 Å². The standard InChI is InChI=1S/C16H24ClNO/c1-15(2,3)16(8-5-9-18-16)11-12-10-13(17)6-7-14(12)19-4/h6-7,10,18H,5,8-9,11H2,1-4H3. The first-order valence-corrected chi connectivity index (χ1v) is 7.33. The fourth-order valence-corrected chi connectivity index (χ4v) is 3.27. The average Bonchev–Trinajstić information content (AvgIpc) is 2.78. The van der Waals surface area contributed by atoms with Crippen molar-refractivity contribution < 1.29 is 4.74 Å². The summed E-state index contributed by atoms with van der Waals surface area (Å²) in [6.07, 6.45) is 3.40. The Balaban J connectivity index is 2.35. The molecular weight excluding hydrogens is 258 g/mol. The maximum atomic E-state index is 6.14. The van der Waals surface area contributed by atoms with Gasteiger partial charge < -0.3 is 10.1 Å². The molecule has 1 N–H and O–H groups in total. The zero-order chi connectivity index (χ0) is 14.1. The fourth-order valence-electron chi connectivity index (χ4n) is 3.07. The van der Waals surface area contributed by atoms with Gasteiger partial charge >= 0.3 is 0 Å². The molecule has 0 saturated carbocycles. The zero-order valence-electron chi connectivity index (χ0n) is 12.3. The van der Waals surface area contributed by atoms with Crippen LogP contribution in [0.1, 0.15) is 39.2 Å². The van der Waals surface area contributed by atoms with Crippen molar-refractivity contribution in [1.82, 2.24) is 5.32 Å². The smallest absolute Gasteiger partial charge is 0.122 e. The molecule has 0 aromatic heterocycles. The largest absolute Gasteiger partial charge is 0.496 e. The summed E-state index contributed by atoms with van der Waals surface area (Å²) in [7, 11) is 1.72. The topological polar surface area (TPSA) is 21.3 Å². The molecule has 1 fully saturated rings. The number of hydrogen-bond acceptors (Lipinski definition) is 2. The molecule has 1 heterocycles. The molecule has 0 bridgehead atoms. The van der Waals surface area contributed by atoms with E-state index in [-0.39, 0.29) is 11.0 Å². The highest BCUT2D eigenvalue weighted by Crippen LogP contribution is 2.41. The van der Waals surface area contributed by atoms with Crippen molar-refractivity contribution in [3.8, 4) is 5.75 Å². The molecule has 3 heteroatoms. The minimum atomic E-state index is 0.130. The fraction of sp³-hybridized carbons (Fsp3) is 0.625. The first-order chi connectivity index (χ1) is 8.88. The Labute approximate surface area is 121 Å². The second-order valence-corrected chi connectivity index (χ2v) is 6.93. The van der Waals surface area contributed by atoms with Crippen LogP contribution in [-0.4, -0.2) is 19.2 Å². The van der Waals surface area contributed by atoms with Gasteiger partial charge in [0.2, 0.25) is 0 Å². The third kappa shape index (κ3) is 2.90. The lowest BCUT2D eigenvalue weighted by atomic mass is 9.69. The molecule has 1 saturated heterocycles. The normalized spacial score (nSPS) is 23.6. The van der Waals surface area contributed by atoms with Crippen LogP contribution in [0.15, 0.2) is 18.2 Å². The van der Waals surface area contributed by atoms with Crippen molar-refractivity contribution in [3.63, 3.8) is 0 Å². The van der Waals surface area contributed by atoms with E-state index in [0.717, 1.165) is 23.7 Å². The Morgan fingerprint density at radius 2 is 2.11 bits per heavy atom. The van der Waals surface area contributed by atoms with Crippen LogP contribution >= 0.6 is 11.6 Å². The second-order valence-electron chi connectivity index (χ2n) is 6.50. The van der Waals surface area contributed by atoms with Crippen molar-refractivity contribution >= 4 is 11.6 Å². The van der Waals surface area contributed by atoms with Gasteiger partial charge in [0.1, 0.15) is 5.75 Å². The monoisotopic (exact) mass is 281 g/mol. The highest BCUT2D eigenvalue weighted by Gasteiger charge is 2.44. The summed E-state index contributed by atoms with van der Waals surface area (Å²) in [5, 5.41) is 4.51. The third-order valence-corrected chi connectivity index (χ3v) is 4.65. The van der Waals surface area contributed by atoms with E-state index in [1.165, 1.54) is 18.4 Å². The molecule has 2 rings (SSSR count). The number of ether oxygens (including phenoxy) is 1.